The maximum absolute atomic E-state index is 9.34. The van der Waals surface area contributed by atoms with Crippen LogP contribution in [-0.4, -0.2) is 31.7 Å². The summed E-state index contributed by atoms with van der Waals surface area (Å²) in [6.45, 7) is 10.9. The molecule has 0 spiro atoms. The molecule has 18 heavy (non-hydrogen) atoms. The average molecular weight is 258 g/mol. The monoisotopic (exact) mass is 258 g/mol. The molecule has 0 amide bonds. The quantitative estimate of drug-likeness (QED) is 0.457. The summed E-state index contributed by atoms with van der Waals surface area (Å²) in [4.78, 5) is 0. The first-order chi connectivity index (χ1) is 8.56. The van der Waals surface area contributed by atoms with Gasteiger partial charge in [-0.05, 0) is 37.0 Å². The van der Waals surface area contributed by atoms with E-state index in [4.69, 9.17) is 9.47 Å². The Kier molecular flexibility index (Phi) is 10.3. The summed E-state index contributed by atoms with van der Waals surface area (Å²) in [6.07, 6.45) is 5.07. The predicted molar refractivity (Wildman–Crippen MR) is 75.4 cm³/mol. The lowest BCUT2D eigenvalue weighted by molar-refractivity contribution is -0.0910. The molecule has 3 atom stereocenters. The number of aliphatic hydroxyl groups is 1. The van der Waals surface area contributed by atoms with Gasteiger partial charge in [-0.1, -0.05) is 26.8 Å². The Balaban J connectivity index is 4.11. The van der Waals surface area contributed by atoms with Crippen molar-refractivity contribution >= 4 is 0 Å². The first-order valence-corrected chi connectivity index (χ1v) is 6.89. The van der Waals surface area contributed by atoms with E-state index < -0.39 is 0 Å². The number of ether oxygens (including phenoxy) is 2. The van der Waals surface area contributed by atoms with Crippen molar-refractivity contribution < 1.29 is 14.6 Å². The first kappa shape index (κ1) is 17.6. The van der Waals surface area contributed by atoms with E-state index in [2.05, 4.69) is 27.4 Å². The lowest BCUT2D eigenvalue weighted by Gasteiger charge is -2.25. The molecule has 0 aliphatic heterocycles. The standard InChI is InChI=1S/C15H30O3/c1-6-7-14(10-16)13(4)8-9-15(12(2)3)18-11-17-5/h6,12-16H,1,7-11H2,2-5H3/t13-,14-,15+/m1/s1. The fraction of sp³-hybridized carbons (Fsp3) is 0.867. The van der Waals surface area contributed by atoms with Crippen LogP contribution in [0.3, 0.4) is 0 Å². The van der Waals surface area contributed by atoms with Gasteiger partial charge in [0.2, 0.25) is 0 Å². The van der Waals surface area contributed by atoms with Crippen LogP contribution in [0.5, 0.6) is 0 Å². The van der Waals surface area contributed by atoms with E-state index in [1.54, 1.807) is 7.11 Å². The molecule has 0 saturated heterocycles. The zero-order valence-corrected chi connectivity index (χ0v) is 12.4. The second-order valence-corrected chi connectivity index (χ2v) is 5.38. The highest BCUT2D eigenvalue weighted by molar-refractivity contribution is 4.77. The maximum atomic E-state index is 9.34. The molecule has 1 N–H and O–H groups in total. The van der Waals surface area contributed by atoms with Gasteiger partial charge in [-0.25, -0.2) is 0 Å². The Labute approximate surface area is 112 Å². The third-order valence-electron chi connectivity index (χ3n) is 3.56. The van der Waals surface area contributed by atoms with Crippen molar-refractivity contribution in [1.82, 2.24) is 0 Å². The van der Waals surface area contributed by atoms with E-state index in [0.29, 0.717) is 24.5 Å². The average Bonchev–Trinajstić information content (AvgIpc) is 2.35. The Hall–Kier alpha value is -0.380. The summed E-state index contributed by atoms with van der Waals surface area (Å²) < 4.78 is 10.6. The highest BCUT2D eigenvalue weighted by atomic mass is 16.7. The van der Waals surface area contributed by atoms with Gasteiger partial charge < -0.3 is 14.6 Å². The second kappa shape index (κ2) is 10.5. The number of hydrogen-bond donors (Lipinski definition) is 1. The zero-order valence-electron chi connectivity index (χ0n) is 12.4. The minimum atomic E-state index is 0.232. The summed E-state index contributed by atoms with van der Waals surface area (Å²) in [7, 11) is 1.64. The van der Waals surface area contributed by atoms with Crippen LogP contribution in [0.15, 0.2) is 12.7 Å². The van der Waals surface area contributed by atoms with E-state index >= 15 is 0 Å². The van der Waals surface area contributed by atoms with Crippen molar-refractivity contribution in [2.24, 2.45) is 17.8 Å². The van der Waals surface area contributed by atoms with Gasteiger partial charge in [0.25, 0.3) is 0 Å². The summed E-state index contributed by atoms with van der Waals surface area (Å²) in [6, 6.07) is 0. The fourth-order valence-corrected chi connectivity index (χ4v) is 2.13. The number of hydrogen-bond acceptors (Lipinski definition) is 3. The van der Waals surface area contributed by atoms with E-state index in [1.165, 1.54) is 0 Å². The van der Waals surface area contributed by atoms with Crippen LogP contribution in [0.25, 0.3) is 0 Å². The van der Waals surface area contributed by atoms with E-state index in [0.717, 1.165) is 19.3 Å². The minimum absolute atomic E-state index is 0.232. The van der Waals surface area contributed by atoms with Crippen molar-refractivity contribution in [3.05, 3.63) is 12.7 Å². The molecule has 0 aromatic heterocycles. The molecular formula is C15H30O3. The van der Waals surface area contributed by atoms with Crippen LogP contribution in [0.2, 0.25) is 0 Å². The lowest BCUT2D eigenvalue weighted by Crippen LogP contribution is -2.24. The molecule has 0 bridgehead atoms. The van der Waals surface area contributed by atoms with Crippen molar-refractivity contribution in [3.63, 3.8) is 0 Å². The second-order valence-electron chi connectivity index (χ2n) is 5.38. The van der Waals surface area contributed by atoms with Crippen molar-refractivity contribution in [3.8, 4) is 0 Å². The Bertz CT molecular complexity index is 204. The van der Waals surface area contributed by atoms with Gasteiger partial charge in [0.15, 0.2) is 0 Å². The molecule has 3 nitrogen and oxygen atoms in total. The molecule has 108 valence electrons. The number of allylic oxidation sites excluding steroid dienone is 1. The molecule has 0 heterocycles. The number of rotatable bonds is 11. The molecule has 0 aliphatic carbocycles. The Morgan fingerprint density at radius 3 is 2.33 bits per heavy atom. The van der Waals surface area contributed by atoms with Gasteiger partial charge in [0, 0.05) is 13.7 Å². The molecule has 0 saturated carbocycles. The molecule has 0 aromatic rings. The Morgan fingerprint density at radius 2 is 1.89 bits per heavy atom. The van der Waals surface area contributed by atoms with Crippen LogP contribution in [0.4, 0.5) is 0 Å². The fourth-order valence-electron chi connectivity index (χ4n) is 2.13. The smallest absolute Gasteiger partial charge is 0.146 e. The molecule has 0 radical (unpaired) electrons. The molecular weight excluding hydrogens is 228 g/mol. The maximum Gasteiger partial charge on any atom is 0.146 e. The molecule has 0 fully saturated rings. The van der Waals surface area contributed by atoms with E-state index in [-0.39, 0.29) is 12.7 Å². The van der Waals surface area contributed by atoms with Crippen LogP contribution in [0, 0.1) is 17.8 Å². The molecule has 0 aromatic carbocycles. The number of methoxy groups -OCH3 is 1. The van der Waals surface area contributed by atoms with Crippen molar-refractivity contribution in [2.75, 3.05) is 20.5 Å². The van der Waals surface area contributed by atoms with Gasteiger partial charge in [-0.3, -0.25) is 0 Å². The summed E-state index contributed by atoms with van der Waals surface area (Å²) in [5, 5.41) is 9.34. The third-order valence-corrected chi connectivity index (χ3v) is 3.56. The van der Waals surface area contributed by atoms with Gasteiger partial charge >= 0.3 is 0 Å². The van der Waals surface area contributed by atoms with Crippen molar-refractivity contribution in [2.45, 2.75) is 46.1 Å². The van der Waals surface area contributed by atoms with Gasteiger partial charge in [-0.2, -0.15) is 0 Å². The minimum Gasteiger partial charge on any atom is -0.396 e. The third kappa shape index (κ3) is 7.14. The summed E-state index contributed by atoms with van der Waals surface area (Å²) >= 11 is 0. The predicted octanol–water partition coefficient (Wildman–Crippen LogP) is 3.23. The summed E-state index contributed by atoms with van der Waals surface area (Å²) in [5.41, 5.74) is 0. The molecule has 0 unspecified atom stereocenters. The zero-order chi connectivity index (χ0) is 14.0. The Morgan fingerprint density at radius 1 is 1.22 bits per heavy atom. The van der Waals surface area contributed by atoms with Crippen molar-refractivity contribution in [1.29, 1.82) is 0 Å². The highest BCUT2D eigenvalue weighted by Gasteiger charge is 2.19. The first-order valence-electron chi connectivity index (χ1n) is 6.89. The molecule has 3 heteroatoms. The normalized spacial score (nSPS) is 16.6. The van der Waals surface area contributed by atoms with Gasteiger partial charge in [0.1, 0.15) is 6.79 Å². The van der Waals surface area contributed by atoms with E-state index in [1.807, 2.05) is 6.08 Å². The van der Waals surface area contributed by atoms with Crippen LogP contribution in [-0.2, 0) is 9.47 Å². The summed E-state index contributed by atoms with van der Waals surface area (Å²) in [5.74, 6) is 1.29. The number of aliphatic hydroxyl groups excluding tert-OH is 1. The van der Waals surface area contributed by atoms with Gasteiger partial charge in [-0.15, -0.1) is 6.58 Å². The van der Waals surface area contributed by atoms with Gasteiger partial charge in [0.05, 0.1) is 6.10 Å². The topological polar surface area (TPSA) is 38.7 Å². The van der Waals surface area contributed by atoms with E-state index in [9.17, 15) is 5.11 Å². The largest absolute Gasteiger partial charge is 0.396 e. The lowest BCUT2D eigenvalue weighted by atomic mass is 9.86. The highest BCUT2D eigenvalue weighted by Crippen LogP contribution is 2.24. The molecule has 0 rings (SSSR count). The van der Waals surface area contributed by atoms with Crippen LogP contribution < -0.4 is 0 Å². The SMILES string of the molecule is C=CC[C@H](CO)[C@H](C)CC[C@H](OCOC)C(C)C. The van der Waals surface area contributed by atoms with Crippen LogP contribution >= 0.6 is 0 Å². The van der Waals surface area contributed by atoms with Crippen LogP contribution in [0.1, 0.15) is 40.0 Å². The molecule has 0 aliphatic rings.